The maximum atomic E-state index is 2.34. The Balaban J connectivity index is 1.15. The van der Waals surface area contributed by atoms with Crippen molar-refractivity contribution in [3.8, 4) is 44.5 Å². The van der Waals surface area contributed by atoms with Crippen molar-refractivity contribution < 1.29 is 0 Å². The minimum Gasteiger partial charge on any atom is -0.311 e. The zero-order valence-electron chi connectivity index (χ0n) is 26.0. The molecule has 1 heteroatoms. The summed E-state index contributed by atoms with van der Waals surface area (Å²) in [6.45, 7) is 0. The monoisotopic (exact) mass is 599 g/mol. The van der Waals surface area contributed by atoms with Gasteiger partial charge in [0.1, 0.15) is 0 Å². The van der Waals surface area contributed by atoms with Gasteiger partial charge in [-0.25, -0.2) is 0 Å². The van der Waals surface area contributed by atoms with Gasteiger partial charge in [-0.1, -0.05) is 152 Å². The highest BCUT2D eigenvalue weighted by Gasteiger charge is 2.14. The highest BCUT2D eigenvalue weighted by molar-refractivity contribution is 5.88. The van der Waals surface area contributed by atoms with E-state index in [2.05, 4.69) is 205 Å². The van der Waals surface area contributed by atoms with Crippen LogP contribution in [0.15, 0.2) is 200 Å². The van der Waals surface area contributed by atoms with Gasteiger partial charge in [0.25, 0.3) is 0 Å². The van der Waals surface area contributed by atoms with Crippen LogP contribution in [0.2, 0.25) is 0 Å². The van der Waals surface area contributed by atoms with E-state index in [1.54, 1.807) is 0 Å². The first kappa shape index (κ1) is 28.3. The molecule has 0 unspecified atom stereocenters. The van der Waals surface area contributed by atoms with Gasteiger partial charge in [0.05, 0.1) is 0 Å². The van der Waals surface area contributed by atoms with Gasteiger partial charge in [0.15, 0.2) is 0 Å². The molecule has 0 fully saturated rings. The lowest BCUT2D eigenvalue weighted by molar-refractivity contribution is 1.28. The Labute approximate surface area is 276 Å². The Morgan fingerprint density at radius 2 is 0.553 bits per heavy atom. The second-order valence-electron chi connectivity index (χ2n) is 11.9. The van der Waals surface area contributed by atoms with Crippen LogP contribution in [-0.2, 0) is 0 Å². The Morgan fingerprint density at radius 1 is 0.213 bits per heavy atom. The maximum Gasteiger partial charge on any atom is 0.0462 e. The lowest BCUT2D eigenvalue weighted by Gasteiger charge is -2.26. The SMILES string of the molecule is c1ccc(-c2ccc(N(c3ccc(-c4cccc(-c5ccccc5)c4)cc3)c3ccc(-c4ccc5ccccc5c4)cc3)cc2)cc1. The van der Waals surface area contributed by atoms with Crippen LogP contribution in [-0.4, -0.2) is 0 Å². The molecule has 1 nitrogen and oxygen atoms in total. The van der Waals surface area contributed by atoms with Gasteiger partial charge in [-0.05, 0) is 104 Å². The number of nitrogens with zero attached hydrogens (tertiary/aromatic N) is 1. The number of hydrogen-bond donors (Lipinski definition) is 0. The third-order valence-electron chi connectivity index (χ3n) is 8.87. The van der Waals surface area contributed by atoms with E-state index in [0.29, 0.717) is 0 Å². The number of benzene rings is 8. The molecule has 0 aliphatic carbocycles. The molecule has 0 heterocycles. The number of anilines is 3. The van der Waals surface area contributed by atoms with Gasteiger partial charge >= 0.3 is 0 Å². The fourth-order valence-corrected chi connectivity index (χ4v) is 6.36. The lowest BCUT2D eigenvalue weighted by Crippen LogP contribution is -2.09. The normalized spacial score (nSPS) is 11.0. The quantitative estimate of drug-likeness (QED) is 0.176. The number of fused-ring (bicyclic) bond motifs is 1. The van der Waals surface area contributed by atoms with Crippen LogP contribution >= 0.6 is 0 Å². The van der Waals surface area contributed by atoms with Gasteiger partial charge in [-0.3, -0.25) is 0 Å². The summed E-state index contributed by atoms with van der Waals surface area (Å²) in [6, 6.07) is 71.8. The van der Waals surface area contributed by atoms with Gasteiger partial charge < -0.3 is 4.90 Å². The fourth-order valence-electron chi connectivity index (χ4n) is 6.36. The highest BCUT2D eigenvalue weighted by Crippen LogP contribution is 2.38. The molecule has 8 aromatic rings. The summed E-state index contributed by atoms with van der Waals surface area (Å²) >= 11 is 0. The molecule has 0 N–H and O–H groups in total. The predicted octanol–water partition coefficient (Wildman–Crippen LogP) is 13.0. The number of rotatable bonds is 7. The van der Waals surface area contributed by atoms with Crippen molar-refractivity contribution in [3.63, 3.8) is 0 Å². The molecule has 0 aliphatic heterocycles. The molecule has 8 aromatic carbocycles. The first-order valence-corrected chi connectivity index (χ1v) is 16.1. The molecule has 222 valence electrons. The van der Waals surface area contributed by atoms with Gasteiger partial charge in [-0.15, -0.1) is 0 Å². The van der Waals surface area contributed by atoms with Gasteiger partial charge in [0, 0.05) is 17.1 Å². The average Bonchev–Trinajstić information content (AvgIpc) is 3.16. The molecule has 0 saturated heterocycles. The molecule has 0 amide bonds. The molecule has 0 spiro atoms. The zero-order valence-corrected chi connectivity index (χ0v) is 26.0. The smallest absolute Gasteiger partial charge is 0.0462 e. The van der Waals surface area contributed by atoms with Crippen molar-refractivity contribution in [1.82, 2.24) is 0 Å². The van der Waals surface area contributed by atoms with Crippen LogP contribution in [0.5, 0.6) is 0 Å². The van der Waals surface area contributed by atoms with Crippen molar-refractivity contribution in [1.29, 1.82) is 0 Å². The van der Waals surface area contributed by atoms with Crippen molar-refractivity contribution >= 4 is 27.8 Å². The van der Waals surface area contributed by atoms with Crippen LogP contribution in [0, 0.1) is 0 Å². The summed E-state index contributed by atoms with van der Waals surface area (Å²) in [5.41, 5.74) is 13.0. The van der Waals surface area contributed by atoms with Crippen molar-refractivity contribution in [2.45, 2.75) is 0 Å². The van der Waals surface area contributed by atoms with E-state index >= 15 is 0 Å². The van der Waals surface area contributed by atoms with E-state index in [0.717, 1.165) is 17.1 Å². The second-order valence-corrected chi connectivity index (χ2v) is 11.9. The standard InChI is InChI=1S/C46H33N/c1-3-10-34(11-4-1)37-20-26-44(27-21-37)47(46-30-24-39(25-31-46)43-19-18-36-14-7-8-15-40(36)33-43)45-28-22-38(23-29-45)42-17-9-16-41(32-42)35-12-5-2-6-13-35/h1-33H. The molecular weight excluding hydrogens is 567 g/mol. The minimum atomic E-state index is 1.11. The molecule has 8 rings (SSSR count). The van der Waals surface area contributed by atoms with Crippen molar-refractivity contribution in [2.24, 2.45) is 0 Å². The lowest BCUT2D eigenvalue weighted by atomic mass is 9.98. The van der Waals surface area contributed by atoms with E-state index in [4.69, 9.17) is 0 Å². The first-order chi connectivity index (χ1) is 23.3. The topological polar surface area (TPSA) is 3.24 Å². The molecule has 0 aliphatic rings. The molecule has 0 bridgehead atoms. The van der Waals surface area contributed by atoms with Crippen molar-refractivity contribution in [3.05, 3.63) is 200 Å². The maximum absolute atomic E-state index is 2.34. The summed E-state index contributed by atoms with van der Waals surface area (Å²) in [4.78, 5) is 2.34. The summed E-state index contributed by atoms with van der Waals surface area (Å²) < 4.78 is 0. The summed E-state index contributed by atoms with van der Waals surface area (Å²) in [5, 5.41) is 2.51. The van der Waals surface area contributed by atoms with E-state index in [1.165, 1.54) is 55.3 Å². The van der Waals surface area contributed by atoms with Crippen LogP contribution in [0.4, 0.5) is 17.1 Å². The van der Waals surface area contributed by atoms with Crippen LogP contribution in [0.3, 0.4) is 0 Å². The van der Waals surface area contributed by atoms with E-state index in [-0.39, 0.29) is 0 Å². The van der Waals surface area contributed by atoms with Crippen LogP contribution in [0.1, 0.15) is 0 Å². The predicted molar refractivity (Wildman–Crippen MR) is 200 cm³/mol. The molecule has 0 radical (unpaired) electrons. The zero-order chi connectivity index (χ0) is 31.4. The average molecular weight is 600 g/mol. The third kappa shape index (κ3) is 5.95. The fraction of sp³-hybridized carbons (Fsp3) is 0. The van der Waals surface area contributed by atoms with Crippen molar-refractivity contribution in [2.75, 3.05) is 4.90 Å². The summed E-state index contributed by atoms with van der Waals surface area (Å²) in [7, 11) is 0. The van der Waals surface area contributed by atoms with Crippen LogP contribution in [0.25, 0.3) is 55.3 Å². The van der Waals surface area contributed by atoms with Gasteiger partial charge in [0.2, 0.25) is 0 Å². The summed E-state index contributed by atoms with van der Waals surface area (Å²) in [5.74, 6) is 0. The second kappa shape index (κ2) is 12.7. The molecular formula is C46H33N. The largest absolute Gasteiger partial charge is 0.311 e. The van der Waals surface area contributed by atoms with E-state index in [9.17, 15) is 0 Å². The van der Waals surface area contributed by atoms with Crippen LogP contribution < -0.4 is 4.90 Å². The van der Waals surface area contributed by atoms with Gasteiger partial charge in [-0.2, -0.15) is 0 Å². The van der Waals surface area contributed by atoms with E-state index < -0.39 is 0 Å². The number of hydrogen-bond acceptors (Lipinski definition) is 1. The Bertz CT molecular complexity index is 2250. The Kier molecular flexibility index (Phi) is 7.63. The highest BCUT2D eigenvalue weighted by atomic mass is 15.1. The third-order valence-corrected chi connectivity index (χ3v) is 8.87. The Hall–Kier alpha value is -6.18. The minimum absolute atomic E-state index is 1.11. The molecule has 47 heavy (non-hydrogen) atoms. The molecule has 0 saturated carbocycles. The molecule has 0 aromatic heterocycles. The Morgan fingerprint density at radius 3 is 1.06 bits per heavy atom. The van der Waals surface area contributed by atoms with E-state index in [1.807, 2.05) is 0 Å². The molecule has 0 atom stereocenters. The first-order valence-electron chi connectivity index (χ1n) is 16.1. The summed E-state index contributed by atoms with van der Waals surface area (Å²) in [6.07, 6.45) is 0.